The Labute approximate surface area is 143 Å². The van der Waals surface area contributed by atoms with Crippen molar-refractivity contribution in [1.82, 2.24) is 5.16 Å². The number of aromatic nitrogens is 1. The summed E-state index contributed by atoms with van der Waals surface area (Å²) in [5.41, 5.74) is 1.73. The van der Waals surface area contributed by atoms with Crippen molar-refractivity contribution in [2.45, 2.75) is 6.61 Å². The second kappa shape index (κ2) is 7.19. The summed E-state index contributed by atoms with van der Waals surface area (Å²) in [6, 6.07) is 15.7. The molecule has 0 amide bonds. The number of esters is 1. The second-order valence-electron chi connectivity index (χ2n) is 5.00. The van der Waals surface area contributed by atoms with E-state index >= 15 is 0 Å². The van der Waals surface area contributed by atoms with Crippen molar-refractivity contribution in [2.75, 3.05) is 7.11 Å². The lowest BCUT2D eigenvalue weighted by Gasteiger charge is -2.02. The lowest BCUT2D eigenvalue weighted by Crippen LogP contribution is -2.05. The topological polar surface area (TPSA) is 61.6 Å². The zero-order valence-corrected chi connectivity index (χ0v) is 13.6. The first-order chi connectivity index (χ1) is 11.7. The molecule has 1 aromatic heterocycles. The Hall–Kier alpha value is -2.79. The molecular weight excluding hydrogens is 330 g/mol. The Bertz CT molecular complexity index is 859. The summed E-state index contributed by atoms with van der Waals surface area (Å²) in [5, 5.41) is 4.39. The number of halogens is 1. The highest BCUT2D eigenvalue weighted by molar-refractivity contribution is 6.30. The third kappa shape index (κ3) is 3.75. The highest BCUT2D eigenvalue weighted by Gasteiger charge is 2.11. The molecule has 3 rings (SSSR count). The van der Waals surface area contributed by atoms with Gasteiger partial charge in [0.2, 0.25) is 0 Å². The molecule has 0 aliphatic heterocycles. The standard InChI is InChI=1S/C18H14ClNO4/c1-22-16-7-3-4-12(9-16)17-10-15(20-24-17)11-23-18(21)13-5-2-6-14(19)8-13/h2-10H,11H2,1H3. The largest absolute Gasteiger partial charge is 0.497 e. The van der Waals surface area contributed by atoms with E-state index in [1.807, 2.05) is 24.3 Å². The van der Waals surface area contributed by atoms with Crippen molar-refractivity contribution in [3.05, 3.63) is 70.9 Å². The van der Waals surface area contributed by atoms with E-state index in [-0.39, 0.29) is 6.61 Å². The van der Waals surface area contributed by atoms with Gasteiger partial charge in [0.15, 0.2) is 5.76 Å². The van der Waals surface area contributed by atoms with Gasteiger partial charge in [-0.3, -0.25) is 0 Å². The molecule has 0 atom stereocenters. The average Bonchev–Trinajstić information content (AvgIpc) is 3.09. The fourth-order valence-corrected chi connectivity index (χ4v) is 2.32. The summed E-state index contributed by atoms with van der Waals surface area (Å²) in [6.45, 7) is 0.0127. The minimum absolute atomic E-state index is 0.0127. The molecule has 0 aliphatic carbocycles. The van der Waals surface area contributed by atoms with Gasteiger partial charge in [-0.15, -0.1) is 0 Å². The van der Waals surface area contributed by atoms with Crippen molar-refractivity contribution in [3.63, 3.8) is 0 Å². The summed E-state index contributed by atoms with van der Waals surface area (Å²) < 4.78 is 15.7. The van der Waals surface area contributed by atoms with E-state index in [1.165, 1.54) is 0 Å². The van der Waals surface area contributed by atoms with Crippen LogP contribution in [0.3, 0.4) is 0 Å². The van der Waals surface area contributed by atoms with Crippen molar-refractivity contribution < 1.29 is 18.8 Å². The number of rotatable bonds is 5. The normalized spacial score (nSPS) is 10.4. The minimum Gasteiger partial charge on any atom is -0.497 e. The molecule has 0 bridgehead atoms. The van der Waals surface area contributed by atoms with Crippen molar-refractivity contribution in [3.8, 4) is 17.1 Å². The Morgan fingerprint density at radius 1 is 1.17 bits per heavy atom. The van der Waals surface area contributed by atoms with Crippen LogP contribution in [0.15, 0.2) is 59.1 Å². The predicted molar refractivity (Wildman–Crippen MR) is 89.1 cm³/mol. The van der Waals surface area contributed by atoms with Gasteiger partial charge in [0.05, 0.1) is 12.7 Å². The van der Waals surface area contributed by atoms with Crippen molar-refractivity contribution >= 4 is 17.6 Å². The molecule has 1 heterocycles. The van der Waals surface area contributed by atoms with Crippen LogP contribution in [-0.4, -0.2) is 18.2 Å². The first-order valence-electron chi connectivity index (χ1n) is 7.18. The van der Waals surface area contributed by atoms with Gasteiger partial charge in [-0.05, 0) is 30.3 Å². The molecule has 0 spiro atoms. The van der Waals surface area contributed by atoms with E-state index in [4.69, 9.17) is 25.6 Å². The van der Waals surface area contributed by atoms with E-state index in [0.29, 0.717) is 22.0 Å². The molecule has 5 nitrogen and oxygen atoms in total. The third-order valence-electron chi connectivity index (χ3n) is 3.32. The van der Waals surface area contributed by atoms with Crippen LogP contribution in [0.5, 0.6) is 5.75 Å². The van der Waals surface area contributed by atoms with Gasteiger partial charge in [0.25, 0.3) is 0 Å². The van der Waals surface area contributed by atoms with E-state index in [2.05, 4.69) is 5.16 Å². The van der Waals surface area contributed by atoms with E-state index < -0.39 is 5.97 Å². The third-order valence-corrected chi connectivity index (χ3v) is 3.56. The molecule has 0 saturated carbocycles. The SMILES string of the molecule is COc1cccc(-c2cc(COC(=O)c3cccc(Cl)c3)no2)c1. The van der Waals surface area contributed by atoms with Gasteiger partial charge in [-0.1, -0.05) is 35.0 Å². The maximum Gasteiger partial charge on any atom is 0.338 e. The zero-order valence-electron chi connectivity index (χ0n) is 12.9. The fraction of sp³-hybridized carbons (Fsp3) is 0.111. The Kier molecular flexibility index (Phi) is 4.82. The van der Waals surface area contributed by atoms with Crippen LogP contribution in [-0.2, 0) is 11.3 Å². The number of hydrogen-bond donors (Lipinski definition) is 0. The monoisotopic (exact) mass is 343 g/mol. The molecule has 2 aromatic carbocycles. The van der Waals surface area contributed by atoms with Gasteiger partial charge in [0, 0.05) is 16.7 Å². The number of hydrogen-bond acceptors (Lipinski definition) is 5. The first kappa shape index (κ1) is 16.1. The number of ether oxygens (including phenoxy) is 2. The van der Waals surface area contributed by atoms with Crippen LogP contribution in [0.1, 0.15) is 16.1 Å². The van der Waals surface area contributed by atoms with Gasteiger partial charge in [-0.25, -0.2) is 4.79 Å². The van der Waals surface area contributed by atoms with E-state index in [0.717, 1.165) is 11.3 Å². The maximum absolute atomic E-state index is 12.0. The number of nitrogens with zero attached hydrogens (tertiary/aromatic N) is 1. The molecule has 0 N–H and O–H groups in total. The van der Waals surface area contributed by atoms with Crippen LogP contribution in [0.25, 0.3) is 11.3 Å². The van der Waals surface area contributed by atoms with Crippen LogP contribution in [0, 0.1) is 0 Å². The predicted octanol–water partition coefficient (Wildman–Crippen LogP) is 4.36. The summed E-state index contributed by atoms with van der Waals surface area (Å²) in [6.07, 6.45) is 0. The van der Waals surface area contributed by atoms with Crippen LogP contribution in [0.4, 0.5) is 0 Å². The fourth-order valence-electron chi connectivity index (χ4n) is 2.13. The quantitative estimate of drug-likeness (QED) is 0.644. The molecule has 0 saturated heterocycles. The Morgan fingerprint density at radius 2 is 2.00 bits per heavy atom. The molecular formula is C18H14ClNO4. The lowest BCUT2D eigenvalue weighted by atomic mass is 10.1. The van der Waals surface area contributed by atoms with Crippen molar-refractivity contribution in [1.29, 1.82) is 0 Å². The number of benzene rings is 2. The number of methoxy groups -OCH3 is 1. The van der Waals surface area contributed by atoms with E-state index in [1.54, 1.807) is 37.4 Å². The molecule has 3 aromatic rings. The van der Waals surface area contributed by atoms with Crippen molar-refractivity contribution in [2.24, 2.45) is 0 Å². The molecule has 0 radical (unpaired) electrons. The number of carbonyl (C=O) groups excluding carboxylic acids is 1. The highest BCUT2D eigenvalue weighted by atomic mass is 35.5. The van der Waals surface area contributed by atoms with Gasteiger partial charge in [0.1, 0.15) is 18.1 Å². The first-order valence-corrected chi connectivity index (χ1v) is 7.56. The lowest BCUT2D eigenvalue weighted by molar-refractivity contribution is 0.0464. The Morgan fingerprint density at radius 3 is 2.79 bits per heavy atom. The molecule has 0 unspecified atom stereocenters. The van der Waals surface area contributed by atoms with Gasteiger partial charge >= 0.3 is 5.97 Å². The van der Waals surface area contributed by atoms with Crippen LogP contribution < -0.4 is 4.74 Å². The number of carbonyl (C=O) groups is 1. The molecule has 24 heavy (non-hydrogen) atoms. The smallest absolute Gasteiger partial charge is 0.338 e. The zero-order chi connectivity index (χ0) is 16.9. The molecule has 0 aliphatic rings. The van der Waals surface area contributed by atoms with E-state index in [9.17, 15) is 4.79 Å². The summed E-state index contributed by atoms with van der Waals surface area (Å²) in [5.74, 6) is 0.823. The van der Waals surface area contributed by atoms with Crippen LogP contribution >= 0.6 is 11.6 Å². The molecule has 6 heteroatoms. The molecule has 0 fully saturated rings. The molecule has 122 valence electrons. The van der Waals surface area contributed by atoms with Crippen LogP contribution in [0.2, 0.25) is 5.02 Å². The summed E-state index contributed by atoms with van der Waals surface area (Å²) >= 11 is 5.86. The average molecular weight is 344 g/mol. The minimum atomic E-state index is -0.469. The highest BCUT2D eigenvalue weighted by Crippen LogP contribution is 2.24. The second-order valence-corrected chi connectivity index (χ2v) is 5.44. The summed E-state index contributed by atoms with van der Waals surface area (Å²) in [4.78, 5) is 12.0. The Balaban J connectivity index is 1.67. The maximum atomic E-state index is 12.0. The summed E-state index contributed by atoms with van der Waals surface area (Å²) in [7, 11) is 1.60. The van der Waals surface area contributed by atoms with Gasteiger partial charge < -0.3 is 14.0 Å². The van der Waals surface area contributed by atoms with Gasteiger partial charge in [-0.2, -0.15) is 0 Å².